The lowest BCUT2D eigenvalue weighted by atomic mass is 9.94. The van der Waals surface area contributed by atoms with Gasteiger partial charge in [-0.3, -0.25) is 0 Å². The molecular weight excluding hydrogens is 1090 g/mol. The van der Waals surface area contributed by atoms with Gasteiger partial charge in [-0.05, 0) is 118 Å². The molecule has 2 fully saturated rings. The maximum Gasteiger partial charge on any atom is 0.573 e. The molecule has 0 bridgehead atoms. The van der Waals surface area contributed by atoms with Crippen LogP contribution in [0.4, 0.5) is 53.9 Å². The molecule has 4 aliphatic rings. The molecule has 0 unspecified atom stereocenters. The number of aliphatic hydroxyl groups is 2. The summed E-state index contributed by atoms with van der Waals surface area (Å²) in [5, 5.41) is 26.2. The van der Waals surface area contributed by atoms with Gasteiger partial charge in [-0.1, -0.05) is 48.5 Å². The number of fused-ring (bicyclic) bond motifs is 4. The average molecular weight is 1140 g/mol. The van der Waals surface area contributed by atoms with Crippen molar-refractivity contribution in [2.45, 2.75) is 85.3 Å². The van der Waals surface area contributed by atoms with Crippen molar-refractivity contribution in [2.24, 2.45) is 0 Å². The first-order valence-electron chi connectivity index (χ1n) is 24.3. The number of aliphatic hydroxyl groups excluding tert-OH is 2. The number of sulfonamides is 2. The summed E-state index contributed by atoms with van der Waals surface area (Å²) < 4.78 is 158. The minimum absolute atomic E-state index is 0.0273. The number of rotatable bonds is 10. The molecule has 6 aromatic rings. The van der Waals surface area contributed by atoms with Crippen LogP contribution in [0.3, 0.4) is 0 Å². The van der Waals surface area contributed by atoms with Crippen LogP contribution < -0.4 is 43.5 Å². The van der Waals surface area contributed by atoms with E-state index in [1.165, 1.54) is 4.90 Å². The van der Waals surface area contributed by atoms with Crippen molar-refractivity contribution in [3.63, 3.8) is 0 Å². The van der Waals surface area contributed by atoms with E-state index in [0.29, 0.717) is 40.9 Å². The Morgan fingerprint density at radius 2 is 0.911 bits per heavy atom. The van der Waals surface area contributed by atoms with Crippen LogP contribution in [0.15, 0.2) is 155 Å². The maximum atomic E-state index is 13.4. The minimum atomic E-state index is -4.94. The number of anilines is 4. The number of alkyl halides is 6. The van der Waals surface area contributed by atoms with Gasteiger partial charge >= 0.3 is 18.8 Å². The Morgan fingerprint density at radius 3 is 1.30 bits per heavy atom. The summed E-state index contributed by atoms with van der Waals surface area (Å²) in [6, 6.07) is 32.9. The van der Waals surface area contributed by atoms with Gasteiger partial charge in [0.05, 0.1) is 68.9 Å². The Balaban J connectivity index is 0.000000195. The molecule has 6 atom stereocenters. The Labute approximate surface area is 450 Å². The summed E-state index contributed by atoms with van der Waals surface area (Å²) in [6.45, 7) is 5.34. The molecule has 18 nitrogen and oxygen atoms in total. The fraction of sp³-hybridized carbons (Fsp3) is 0.302. The molecular formula is C53H52F6N6O12S2. The lowest BCUT2D eigenvalue weighted by Gasteiger charge is -2.48. The van der Waals surface area contributed by atoms with Crippen LogP contribution in [0.25, 0.3) is 0 Å². The van der Waals surface area contributed by atoms with Crippen LogP contribution in [0.5, 0.6) is 34.5 Å². The van der Waals surface area contributed by atoms with Gasteiger partial charge in [0, 0.05) is 26.2 Å². The fourth-order valence-electron chi connectivity index (χ4n) is 9.45. The predicted molar refractivity (Wildman–Crippen MR) is 275 cm³/mol. The number of ether oxygens (including phenoxy) is 5. The third-order valence-corrected chi connectivity index (χ3v) is 15.8. The lowest BCUT2D eigenvalue weighted by molar-refractivity contribution is -0.275. The summed E-state index contributed by atoms with van der Waals surface area (Å²) in [4.78, 5) is 17.7. The van der Waals surface area contributed by atoms with Gasteiger partial charge in [0.25, 0.3) is 0 Å². The smallest absolute Gasteiger partial charge is 0.453 e. The van der Waals surface area contributed by atoms with Gasteiger partial charge in [-0.15, -0.1) is 26.3 Å². The molecule has 420 valence electrons. The maximum absolute atomic E-state index is 13.4. The second kappa shape index (κ2) is 22.1. The van der Waals surface area contributed by atoms with Crippen molar-refractivity contribution in [2.75, 3.05) is 36.0 Å². The Bertz CT molecular complexity index is 3300. The van der Waals surface area contributed by atoms with Gasteiger partial charge in [-0.2, -0.15) is 0 Å². The van der Waals surface area contributed by atoms with E-state index in [1.807, 2.05) is 53.4 Å². The SMILES string of the molecule is CC(C)(C)OC(=O)N1C[C@@H](NS(=O)(=O)c2ccc(OC(F)(F)F)cc2)[C@H](O)[C@@H](N2c3ccccc3Oc3ccccc32)C1.O=S(=O)(N[C@@H]1CNC[C@H](N2c3ccccc3Oc3ccccc32)[C@H]1O)c1ccc(OC(F)(F)F)cc1. The van der Waals surface area contributed by atoms with Crippen molar-refractivity contribution in [3.05, 3.63) is 146 Å². The lowest BCUT2D eigenvalue weighted by Crippen LogP contribution is -2.66. The van der Waals surface area contributed by atoms with E-state index in [-0.39, 0.29) is 29.4 Å². The van der Waals surface area contributed by atoms with Crippen molar-refractivity contribution in [1.82, 2.24) is 19.7 Å². The minimum Gasteiger partial charge on any atom is -0.453 e. The molecule has 0 saturated carbocycles. The highest BCUT2D eigenvalue weighted by Crippen LogP contribution is 2.50. The van der Waals surface area contributed by atoms with Crippen molar-refractivity contribution >= 4 is 48.9 Å². The third-order valence-electron chi connectivity index (χ3n) is 12.8. The highest BCUT2D eigenvalue weighted by atomic mass is 32.2. The number of likely N-dealkylation sites (tertiary alicyclic amines) is 1. The summed E-state index contributed by atoms with van der Waals surface area (Å²) in [7, 11) is -8.54. The first-order chi connectivity index (χ1) is 37.2. The van der Waals surface area contributed by atoms with Crippen LogP contribution in [0.1, 0.15) is 20.8 Å². The number of nitrogens with zero attached hydrogens (tertiary/aromatic N) is 3. The summed E-state index contributed by atoms with van der Waals surface area (Å²) in [6.07, 6.45) is -13.0. The van der Waals surface area contributed by atoms with E-state index in [0.717, 1.165) is 59.9 Å². The second-order valence-electron chi connectivity index (χ2n) is 19.5. The van der Waals surface area contributed by atoms with E-state index >= 15 is 0 Å². The summed E-state index contributed by atoms with van der Waals surface area (Å²) >= 11 is 0. The normalized spacial score (nSPS) is 21.1. The highest BCUT2D eigenvalue weighted by molar-refractivity contribution is 7.89. The zero-order valence-corrected chi connectivity index (χ0v) is 43.7. The molecule has 2 saturated heterocycles. The quantitative estimate of drug-likeness (QED) is 0.0811. The molecule has 4 aliphatic heterocycles. The van der Waals surface area contributed by atoms with Crippen molar-refractivity contribution in [3.8, 4) is 34.5 Å². The van der Waals surface area contributed by atoms with Gasteiger partial charge in [0.15, 0.2) is 23.0 Å². The molecule has 5 N–H and O–H groups in total. The molecule has 0 aromatic heterocycles. The van der Waals surface area contributed by atoms with Crippen LogP contribution in [0, 0.1) is 0 Å². The summed E-state index contributed by atoms with van der Waals surface area (Å²) in [5.41, 5.74) is 1.80. The van der Waals surface area contributed by atoms with E-state index in [2.05, 4.69) is 24.2 Å². The van der Waals surface area contributed by atoms with Crippen LogP contribution in [-0.4, -0.2) is 119 Å². The monoisotopic (exact) mass is 1140 g/mol. The van der Waals surface area contributed by atoms with Crippen molar-refractivity contribution in [1.29, 1.82) is 0 Å². The second-order valence-corrected chi connectivity index (χ2v) is 22.9. The molecule has 26 heteroatoms. The predicted octanol–water partition coefficient (Wildman–Crippen LogP) is 8.67. The molecule has 10 rings (SSSR count). The molecule has 6 aromatic carbocycles. The molecule has 4 heterocycles. The number of carbonyl (C=O) groups excluding carboxylic acids is 1. The molecule has 0 aliphatic carbocycles. The van der Waals surface area contributed by atoms with Crippen LogP contribution >= 0.6 is 0 Å². The van der Waals surface area contributed by atoms with E-state index in [1.54, 1.807) is 74.2 Å². The Morgan fingerprint density at radius 1 is 0.544 bits per heavy atom. The third kappa shape index (κ3) is 13.1. The largest absolute Gasteiger partial charge is 0.573 e. The zero-order valence-electron chi connectivity index (χ0n) is 42.1. The summed E-state index contributed by atoms with van der Waals surface area (Å²) in [5.74, 6) is 1.08. The highest BCUT2D eigenvalue weighted by Gasteiger charge is 2.46. The topological polar surface area (TPSA) is 218 Å². The molecule has 1 amide bonds. The molecule has 0 radical (unpaired) electrons. The first kappa shape index (κ1) is 56.4. The Kier molecular flexibility index (Phi) is 15.8. The Hall–Kier alpha value is -7.33. The van der Waals surface area contributed by atoms with Gasteiger partial charge < -0.3 is 53.9 Å². The number of piperidine rings is 2. The van der Waals surface area contributed by atoms with Crippen molar-refractivity contribution < 1.29 is 81.9 Å². The number of benzene rings is 6. The van der Waals surface area contributed by atoms with Crippen LogP contribution in [0.2, 0.25) is 0 Å². The first-order valence-corrected chi connectivity index (χ1v) is 27.3. The number of hydrogen-bond donors (Lipinski definition) is 5. The number of nitrogens with one attached hydrogen (secondary N) is 3. The van der Waals surface area contributed by atoms with E-state index in [9.17, 15) is 58.2 Å². The van der Waals surface area contributed by atoms with Crippen LogP contribution in [-0.2, 0) is 24.8 Å². The zero-order chi connectivity index (χ0) is 56.7. The molecule has 79 heavy (non-hydrogen) atoms. The number of para-hydroxylation sites is 8. The van der Waals surface area contributed by atoms with E-state index in [4.69, 9.17) is 14.2 Å². The number of halogens is 6. The number of carbonyl (C=O) groups is 1. The van der Waals surface area contributed by atoms with Gasteiger partial charge in [0.2, 0.25) is 20.0 Å². The average Bonchev–Trinajstić information content (AvgIpc) is 3.49. The number of hydrogen-bond acceptors (Lipinski definition) is 15. The van der Waals surface area contributed by atoms with Gasteiger partial charge in [0.1, 0.15) is 17.1 Å². The van der Waals surface area contributed by atoms with E-state index < -0.39 is 92.3 Å². The van der Waals surface area contributed by atoms with Gasteiger partial charge in [-0.25, -0.2) is 31.1 Å². The fourth-order valence-corrected chi connectivity index (χ4v) is 11.9. The molecule has 0 spiro atoms. The number of amides is 1. The standard InChI is InChI=1S/C29H30F3N3O7S.C24H22F3N3O5S/c1-28(2,3)42-27(37)34-16-20(33-43(38,39)19-14-12-18(13-15-19)41-29(30,31)32)26(36)23(17-34)35-21-8-4-6-10-24(21)40-25-11-7-5-9-22(25)35;25-24(26,27)35-15-9-11-16(12-10-15)36(32,33)29-17-13-28-14-20(23(17)31)30-18-5-1-3-7-21(18)34-22-8-4-2-6-19(22)30/h4-15,20,23,26,33,36H,16-17H2,1-3H3;1-12,17,20,23,28-29,31H,13-14H2/t20-,23+,26+;17-,20+,23+/m11/s1.